The predicted molar refractivity (Wildman–Crippen MR) is 126 cm³/mol. The van der Waals surface area contributed by atoms with Crippen molar-refractivity contribution in [2.75, 3.05) is 40.6 Å². The van der Waals surface area contributed by atoms with E-state index in [0.29, 0.717) is 22.6 Å². The van der Waals surface area contributed by atoms with Crippen LogP contribution in [0.4, 0.5) is 0 Å². The van der Waals surface area contributed by atoms with E-state index < -0.39 is 15.2 Å². The third kappa shape index (κ3) is 5.45. The fourth-order valence-electron chi connectivity index (χ4n) is 3.37. The van der Waals surface area contributed by atoms with E-state index in [4.69, 9.17) is 27.6 Å². The lowest BCUT2D eigenvalue weighted by Crippen LogP contribution is -2.20. The molecule has 0 atom stereocenters. The quantitative estimate of drug-likeness (QED) is 0.359. The van der Waals surface area contributed by atoms with Gasteiger partial charge in [-0.1, -0.05) is 12.1 Å². The number of methoxy groups -OCH3 is 2. The van der Waals surface area contributed by atoms with Crippen molar-refractivity contribution in [1.82, 2.24) is 0 Å². The van der Waals surface area contributed by atoms with Gasteiger partial charge in [-0.3, -0.25) is 9.13 Å². The van der Waals surface area contributed by atoms with Crippen molar-refractivity contribution in [1.29, 1.82) is 0 Å². The third-order valence-electron chi connectivity index (χ3n) is 4.48. The molecule has 0 radical (unpaired) electrons. The molecule has 0 bridgehead atoms. The van der Waals surface area contributed by atoms with E-state index in [2.05, 4.69) is 0 Å². The highest BCUT2D eigenvalue weighted by Crippen LogP contribution is 2.55. The standard InChI is InChI=1S/C22H32O8P2/c1-7-27-31(23,28-8-2)19-15-11-13-17(25-5)21(19)22-18(26-6)14-12-16-20(22)32(24,29-9-3)30-10-4/h11-16H,7-10H2,1-6H3. The van der Waals surface area contributed by atoms with E-state index in [-0.39, 0.29) is 37.0 Å². The van der Waals surface area contributed by atoms with Gasteiger partial charge in [0, 0.05) is 11.1 Å². The van der Waals surface area contributed by atoms with Gasteiger partial charge >= 0.3 is 15.2 Å². The number of hydrogen-bond donors (Lipinski definition) is 0. The summed E-state index contributed by atoms with van der Waals surface area (Å²) in [4.78, 5) is 0. The number of ether oxygens (including phenoxy) is 2. The molecule has 0 aromatic heterocycles. The van der Waals surface area contributed by atoms with E-state index in [0.717, 1.165) is 0 Å². The molecular weight excluding hydrogens is 454 g/mol. The van der Waals surface area contributed by atoms with Gasteiger partial charge in [-0.2, -0.15) is 0 Å². The second kappa shape index (κ2) is 12.0. The Morgan fingerprint density at radius 3 is 1.16 bits per heavy atom. The van der Waals surface area contributed by atoms with Crippen LogP contribution in [0.5, 0.6) is 11.5 Å². The number of rotatable bonds is 13. The summed E-state index contributed by atoms with van der Waals surface area (Å²) in [5.74, 6) is 0.764. The zero-order valence-electron chi connectivity index (χ0n) is 19.5. The maximum Gasteiger partial charge on any atom is 0.362 e. The Morgan fingerprint density at radius 2 is 0.906 bits per heavy atom. The monoisotopic (exact) mass is 486 g/mol. The molecular formula is C22H32O8P2. The Labute approximate surface area is 190 Å². The zero-order valence-corrected chi connectivity index (χ0v) is 21.2. The summed E-state index contributed by atoms with van der Waals surface area (Å²) in [6.45, 7) is 7.62. The van der Waals surface area contributed by atoms with Gasteiger partial charge in [0.15, 0.2) is 0 Å². The predicted octanol–water partition coefficient (Wildman–Crippen LogP) is 5.15. The maximum atomic E-state index is 13.8. The van der Waals surface area contributed by atoms with Crippen LogP contribution in [0.15, 0.2) is 36.4 Å². The van der Waals surface area contributed by atoms with Crippen LogP contribution >= 0.6 is 15.2 Å². The normalized spacial score (nSPS) is 12.1. The van der Waals surface area contributed by atoms with Gasteiger partial charge in [0.1, 0.15) is 11.5 Å². The van der Waals surface area contributed by atoms with E-state index in [1.54, 1.807) is 64.1 Å². The number of hydrogen-bond acceptors (Lipinski definition) is 8. The second-order valence-corrected chi connectivity index (χ2v) is 10.4. The molecule has 0 fully saturated rings. The molecule has 2 aromatic rings. The minimum absolute atomic E-state index is 0.170. The molecule has 178 valence electrons. The van der Waals surface area contributed by atoms with Crippen molar-refractivity contribution in [3.05, 3.63) is 36.4 Å². The van der Waals surface area contributed by atoms with Crippen molar-refractivity contribution in [3.63, 3.8) is 0 Å². The van der Waals surface area contributed by atoms with Crippen molar-refractivity contribution in [2.24, 2.45) is 0 Å². The van der Waals surface area contributed by atoms with Crippen LogP contribution in [-0.2, 0) is 27.2 Å². The third-order valence-corrected chi connectivity index (χ3v) is 8.80. The lowest BCUT2D eigenvalue weighted by Gasteiger charge is -2.26. The first-order chi connectivity index (χ1) is 15.4. The van der Waals surface area contributed by atoms with Crippen LogP contribution in [0, 0.1) is 0 Å². The van der Waals surface area contributed by atoms with Gasteiger partial charge in [0.05, 0.1) is 51.3 Å². The van der Waals surface area contributed by atoms with E-state index in [1.807, 2.05) is 0 Å². The largest absolute Gasteiger partial charge is 0.496 e. The smallest absolute Gasteiger partial charge is 0.362 e. The summed E-state index contributed by atoms with van der Waals surface area (Å²) in [6.07, 6.45) is 0. The minimum Gasteiger partial charge on any atom is -0.496 e. The summed E-state index contributed by atoms with van der Waals surface area (Å²) in [7, 11) is -4.52. The van der Waals surface area contributed by atoms with Crippen LogP contribution < -0.4 is 20.1 Å². The molecule has 0 aliphatic heterocycles. The Hall–Kier alpha value is -1.66. The first-order valence-electron chi connectivity index (χ1n) is 10.5. The lowest BCUT2D eigenvalue weighted by atomic mass is 10.0. The fourth-order valence-corrected chi connectivity index (χ4v) is 6.96. The van der Waals surface area contributed by atoms with Crippen LogP contribution in [0.3, 0.4) is 0 Å². The first kappa shape index (κ1) is 26.6. The lowest BCUT2D eigenvalue weighted by molar-refractivity contribution is 0.228. The molecule has 2 aromatic carbocycles. The van der Waals surface area contributed by atoms with Crippen molar-refractivity contribution < 1.29 is 36.7 Å². The van der Waals surface area contributed by atoms with Gasteiger partial charge in [0.25, 0.3) is 0 Å². The molecule has 0 aliphatic rings. The second-order valence-electron chi connectivity index (χ2n) is 6.37. The molecule has 0 saturated carbocycles. The fraction of sp³-hybridized carbons (Fsp3) is 0.455. The van der Waals surface area contributed by atoms with Gasteiger partial charge < -0.3 is 27.6 Å². The minimum atomic E-state index is -3.76. The van der Waals surface area contributed by atoms with E-state index in [9.17, 15) is 9.13 Å². The molecule has 0 unspecified atom stereocenters. The van der Waals surface area contributed by atoms with Gasteiger partial charge in [-0.25, -0.2) is 0 Å². The summed E-state index contributed by atoms with van der Waals surface area (Å²) in [5.41, 5.74) is 0.764. The van der Waals surface area contributed by atoms with Crippen molar-refractivity contribution in [2.45, 2.75) is 27.7 Å². The highest BCUT2D eigenvalue weighted by atomic mass is 31.2. The SMILES string of the molecule is CCOP(=O)(OCC)c1cccc(OC)c1-c1c(OC)cccc1P(=O)(OCC)OCC. The Kier molecular flexibility index (Phi) is 9.96. The van der Waals surface area contributed by atoms with Crippen molar-refractivity contribution >= 4 is 25.8 Å². The molecule has 0 aliphatic carbocycles. The molecule has 32 heavy (non-hydrogen) atoms. The van der Waals surface area contributed by atoms with E-state index >= 15 is 0 Å². The maximum absolute atomic E-state index is 13.8. The first-order valence-corrected chi connectivity index (χ1v) is 13.6. The molecule has 8 nitrogen and oxygen atoms in total. The average molecular weight is 486 g/mol. The highest BCUT2D eigenvalue weighted by molar-refractivity contribution is 7.63. The Morgan fingerprint density at radius 1 is 0.594 bits per heavy atom. The molecule has 0 saturated heterocycles. The summed E-state index contributed by atoms with van der Waals surface area (Å²) in [6, 6.07) is 10.1. The summed E-state index contributed by atoms with van der Waals surface area (Å²) in [5, 5.41) is 0.539. The summed E-state index contributed by atoms with van der Waals surface area (Å²) >= 11 is 0. The highest BCUT2D eigenvalue weighted by Gasteiger charge is 2.38. The van der Waals surface area contributed by atoms with Gasteiger partial charge in [-0.15, -0.1) is 0 Å². The molecule has 0 amide bonds. The molecule has 2 rings (SSSR count). The van der Waals surface area contributed by atoms with E-state index in [1.165, 1.54) is 14.2 Å². The molecule has 0 spiro atoms. The molecule has 0 N–H and O–H groups in total. The Bertz CT molecular complexity index is 892. The molecule has 10 heteroatoms. The van der Waals surface area contributed by atoms with Crippen LogP contribution in [0.1, 0.15) is 27.7 Å². The van der Waals surface area contributed by atoms with Crippen molar-refractivity contribution in [3.8, 4) is 22.6 Å². The van der Waals surface area contributed by atoms with Gasteiger partial charge in [-0.05, 0) is 52.0 Å². The zero-order chi connectivity index (χ0) is 23.8. The average Bonchev–Trinajstić information content (AvgIpc) is 2.78. The van der Waals surface area contributed by atoms with Crippen LogP contribution in [-0.4, -0.2) is 40.6 Å². The molecule has 0 heterocycles. The van der Waals surface area contributed by atoms with Crippen LogP contribution in [0.25, 0.3) is 11.1 Å². The van der Waals surface area contributed by atoms with Gasteiger partial charge in [0.2, 0.25) is 0 Å². The number of benzene rings is 2. The van der Waals surface area contributed by atoms with Crippen LogP contribution in [0.2, 0.25) is 0 Å². The Balaban J connectivity index is 3.00. The topological polar surface area (TPSA) is 89.5 Å². The summed E-state index contributed by atoms with van der Waals surface area (Å²) < 4.78 is 61.3.